The summed E-state index contributed by atoms with van der Waals surface area (Å²) in [7, 11) is 3.23. The molecule has 0 aliphatic carbocycles. The van der Waals surface area contributed by atoms with Gasteiger partial charge in [-0.05, 0) is 48.7 Å². The van der Waals surface area contributed by atoms with Crippen molar-refractivity contribution >= 4 is 17.6 Å². The van der Waals surface area contributed by atoms with Gasteiger partial charge in [-0.25, -0.2) is 0 Å². The summed E-state index contributed by atoms with van der Waals surface area (Å²) in [5.74, 6) is 2.32. The average molecular weight is 546 g/mol. The predicted octanol–water partition coefficient (Wildman–Crippen LogP) is 4.31. The Labute approximate surface area is 236 Å². The molecular formula is C31H39N5O4. The lowest BCUT2D eigenvalue weighted by Gasteiger charge is -2.36. The lowest BCUT2D eigenvalue weighted by Crippen LogP contribution is -2.52. The standard InChI is InChI=1S/C31H39N5O4/c1-6-22(2)20-36(31(38)25-10-8-7-9-23(25)3)21-30(37)35-17-15-34(16-18-35)29-14-13-27(32-33-29)26-12-11-24(39-4)19-28(26)40-5/h7-14,19,22H,6,15-18,20-21H2,1-5H3/t22-/m1/s1. The maximum Gasteiger partial charge on any atom is 0.254 e. The SMILES string of the molecule is CC[C@@H](C)CN(CC(=O)N1CCN(c2ccc(-c3ccc(OC)cc3OC)nn2)CC1)C(=O)c1ccccc1C. The quantitative estimate of drug-likeness (QED) is 0.375. The molecule has 4 rings (SSSR count). The summed E-state index contributed by atoms with van der Waals surface area (Å²) in [6.45, 7) is 9.17. The summed E-state index contributed by atoms with van der Waals surface area (Å²) >= 11 is 0. The van der Waals surface area contributed by atoms with Gasteiger partial charge in [-0.15, -0.1) is 10.2 Å². The lowest BCUT2D eigenvalue weighted by atomic mass is 10.1. The fourth-order valence-electron chi connectivity index (χ4n) is 4.80. The van der Waals surface area contributed by atoms with Gasteiger partial charge in [-0.3, -0.25) is 9.59 Å². The summed E-state index contributed by atoms with van der Waals surface area (Å²) in [5, 5.41) is 8.89. The first kappa shape index (κ1) is 28.9. The van der Waals surface area contributed by atoms with E-state index in [1.807, 2.05) is 66.4 Å². The van der Waals surface area contributed by atoms with E-state index in [0.29, 0.717) is 61.4 Å². The average Bonchev–Trinajstić information content (AvgIpc) is 3.00. The first-order valence-electron chi connectivity index (χ1n) is 13.8. The smallest absolute Gasteiger partial charge is 0.254 e. The van der Waals surface area contributed by atoms with Crippen molar-refractivity contribution in [1.82, 2.24) is 20.0 Å². The summed E-state index contributed by atoms with van der Waals surface area (Å²) < 4.78 is 10.8. The highest BCUT2D eigenvalue weighted by Crippen LogP contribution is 2.32. The Balaban J connectivity index is 1.38. The lowest BCUT2D eigenvalue weighted by molar-refractivity contribution is -0.132. The van der Waals surface area contributed by atoms with Crippen molar-refractivity contribution < 1.29 is 19.1 Å². The third-order valence-corrected chi connectivity index (χ3v) is 7.51. The molecule has 40 heavy (non-hydrogen) atoms. The summed E-state index contributed by atoms with van der Waals surface area (Å²) in [6, 6.07) is 17.0. The zero-order valence-corrected chi connectivity index (χ0v) is 24.1. The van der Waals surface area contributed by atoms with E-state index in [-0.39, 0.29) is 18.4 Å². The van der Waals surface area contributed by atoms with Gasteiger partial charge >= 0.3 is 0 Å². The van der Waals surface area contributed by atoms with E-state index < -0.39 is 0 Å². The zero-order chi connectivity index (χ0) is 28.6. The van der Waals surface area contributed by atoms with Crippen LogP contribution >= 0.6 is 0 Å². The van der Waals surface area contributed by atoms with Crippen LogP contribution in [0.1, 0.15) is 36.2 Å². The third kappa shape index (κ3) is 6.70. The second kappa shape index (κ2) is 13.3. The number of piperazine rings is 1. The van der Waals surface area contributed by atoms with Crippen molar-refractivity contribution in [2.75, 3.05) is 58.4 Å². The maximum absolute atomic E-state index is 13.4. The molecule has 2 aromatic carbocycles. The number of anilines is 1. The van der Waals surface area contributed by atoms with Crippen molar-refractivity contribution in [2.24, 2.45) is 5.92 Å². The van der Waals surface area contributed by atoms with Crippen LogP contribution in [-0.2, 0) is 4.79 Å². The fraction of sp³-hybridized carbons (Fsp3) is 0.419. The Hall–Kier alpha value is -4.14. The Morgan fingerprint density at radius 2 is 1.73 bits per heavy atom. The molecular weight excluding hydrogens is 506 g/mol. The zero-order valence-electron chi connectivity index (χ0n) is 24.1. The molecule has 0 spiro atoms. The molecule has 0 radical (unpaired) electrons. The molecule has 1 aliphatic rings. The van der Waals surface area contributed by atoms with Crippen molar-refractivity contribution in [3.8, 4) is 22.8 Å². The highest BCUT2D eigenvalue weighted by Gasteiger charge is 2.27. The number of carbonyl (C=O) groups excluding carboxylic acids is 2. The van der Waals surface area contributed by atoms with E-state index >= 15 is 0 Å². The second-order valence-corrected chi connectivity index (χ2v) is 10.2. The van der Waals surface area contributed by atoms with Gasteiger partial charge in [-0.2, -0.15) is 0 Å². The summed E-state index contributed by atoms with van der Waals surface area (Å²) in [5.41, 5.74) is 3.11. The number of rotatable bonds is 10. The Bertz CT molecular complexity index is 1310. The molecule has 0 saturated carbocycles. The van der Waals surface area contributed by atoms with Gasteiger partial charge in [-0.1, -0.05) is 38.5 Å². The number of methoxy groups -OCH3 is 2. The summed E-state index contributed by atoms with van der Waals surface area (Å²) in [6.07, 6.45) is 0.940. The molecule has 1 saturated heterocycles. The molecule has 1 aliphatic heterocycles. The summed E-state index contributed by atoms with van der Waals surface area (Å²) in [4.78, 5) is 32.4. The van der Waals surface area contributed by atoms with E-state index in [1.54, 1.807) is 19.1 Å². The van der Waals surface area contributed by atoms with Crippen LogP contribution in [0.25, 0.3) is 11.3 Å². The number of nitrogens with zero attached hydrogens (tertiary/aromatic N) is 5. The molecule has 0 unspecified atom stereocenters. The van der Waals surface area contributed by atoms with Crippen molar-refractivity contribution in [1.29, 1.82) is 0 Å². The number of ether oxygens (including phenoxy) is 2. The molecule has 9 nitrogen and oxygen atoms in total. The molecule has 9 heteroatoms. The monoisotopic (exact) mass is 545 g/mol. The van der Waals surface area contributed by atoms with Gasteiger partial charge in [0.15, 0.2) is 5.82 Å². The van der Waals surface area contributed by atoms with Gasteiger partial charge in [0.25, 0.3) is 5.91 Å². The van der Waals surface area contributed by atoms with Crippen molar-refractivity contribution in [2.45, 2.75) is 27.2 Å². The van der Waals surface area contributed by atoms with Crippen LogP contribution in [0, 0.1) is 12.8 Å². The van der Waals surface area contributed by atoms with Gasteiger partial charge < -0.3 is 24.2 Å². The highest BCUT2D eigenvalue weighted by molar-refractivity contribution is 5.97. The number of amides is 2. The van der Waals surface area contributed by atoms with E-state index in [1.165, 1.54) is 0 Å². The van der Waals surface area contributed by atoms with Gasteiger partial charge in [0.05, 0.1) is 19.9 Å². The molecule has 0 N–H and O–H groups in total. The first-order valence-corrected chi connectivity index (χ1v) is 13.8. The van der Waals surface area contributed by atoms with Crippen molar-refractivity contribution in [3.63, 3.8) is 0 Å². The normalized spacial score (nSPS) is 14.0. The third-order valence-electron chi connectivity index (χ3n) is 7.51. The molecule has 1 aromatic heterocycles. The van der Waals surface area contributed by atoms with Crippen LogP contribution < -0.4 is 14.4 Å². The predicted molar refractivity (Wildman–Crippen MR) is 156 cm³/mol. The van der Waals surface area contributed by atoms with Crippen LogP contribution in [0.2, 0.25) is 0 Å². The molecule has 2 amide bonds. The molecule has 3 aromatic rings. The van der Waals surface area contributed by atoms with E-state index in [9.17, 15) is 9.59 Å². The minimum atomic E-state index is -0.0887. The molecule has 212 valence electrons. The van der Waals surface area contributed by atoms with Crippen LogP contribution in [0.5, 0.6) is 11.5 Å². The van der Waals surface area contributed by atoms with Crippen LogP contribution in [0.15, 0.2) is 54.6 Å². The molecule has 2 heterocycles. The van der Waals surface area contributed by atoms with Crippen LogP contribution in [0.4, 0.5) is 5.82 Å². The number of benzene rings is 2. The molecule has 1 atom stereocenters. The van der Waals surface area contributed by atoms with Gasteiger partial charge in [0.2, 0.25) is 5.91 Å². The largest absolute Gasteiger partial charge is 0.497 e. The number of hydrogen-bond donors (Lipinski definition) is 0. The molecule has 0 bridgehead atoms. The van der Waals surface area contributed by atoms with Crippen molar-refractivity contribution in [3.05, 3.63) is 65.7 Å². The van der Waals surface area contributed by atoms with E-state index in [0.717, 1.165) is 23.4 Å². The van der Waals surface area contributed by atoms with Gasteiger partial charge in [0.1, 0.15) is 18.0 Å². The number of aromatic nitrogens is 2. The number of aryl methyl sites for hydroxylation is 1. The number of carbonyl (C=O) groups is 2. The fourth-order valence-corrected chi connectivity index (χ4v) is 4.80. The van der Waals surface area contributed by atoms with E-state index in [4.69, 9.17) is 9.47 Å². The topological polar surface area (TPSA) is 88.1 Å². The van der Waals surface area contributed by atoms with Crippen LogP contribution in [0.3, 0.4) is 0 Å². The minimum Gasteiger partial charge on any atom is -0.497 e. The van der Waals surface area contributed by atoms with E-state index in [2.05, 4.69) is 28.9 Å². The molecule has 1 fully saturated rings. The number of hydrogen-bond acceptors (Lipinski definition) is 7. The van der Waals surface area contributed by atoms with Crippen LogP contribution in [-0.4, -0.2) is 85.3 Å². The Morgan fingerprint density at radius 1 is 0.975 bits per heavy atom. The second-order valence-electron chi connectivity index (χ2n) is 10.2. The maximum atomic E-state index is 13.4. The Kier molecular flexibility index (Phi) is 9.58. The minimum absolute atomic E-state index is 0.0297. The Morgan fingerprint density at radius 3 is 2.35 bits per heavy atom. The highest BCUT2D eigenvalue weighted by atomic mass is 16.5. The first-order chi connectivity index (χ1) is 19.3. The van der Waals surface area contributed by atoms with Gasteiger partial charge in [0, 0.05) is 49.9 Å².